The van der Waals surface area contributed by atoms with Crippen LogP contribution in [0.3, 0.4) is 0 Å². The lowest BCUT2D eigenvalue weighted by atomic mass is 9.95. The van der Waals surface area contributed by atoms with Crippen LogP contribution >= 0.6 is 0 Å². The maximum absolute atomic E-state index is 13.3. The van der Waals surface area contributed by atoms with E-state index in [1.165, 1.54) is 0 Å². The summed E-state index contributed by atoms with van der Waals surface area (Å²) in [5.74, 6) is 0. The molecule has 2 atom stereocenters. The van der Waals surface area contributed by atoms with E-state index in [1.54, 1.807) is 45.6 Å². The molecule has 0 aliphatic heterocycles. The van der Waals surface area contributed by atoms with Gasteiger partial charge in [-0.15, -0.1) is 0 Å². The fourth-order valence-corrected chi connectivity index (χ4v) is 6.76. The Balaban J connectivity index is 1.80. The van der Waals surface area contributed by atoms with Crippen LogP contribution in [0.4, 0.5) is 0 Å². The summed E-state index contributed by atoms with van der Waals surface area (Å²) in [6.45, 7) is 0. The Kier molecular flexibility index (Phi) is 9.14. The number of nitrogens with one attached hydrogen (secondary N) is 1. The standard InChI is InChI=1S/C25H32N2O5SSi/c1-30-34(31-2,32-3)19-18-20-14-16-23(17-15-20)33(28,29)27-25(22-12-8-5-9-13-22)24(26)21-10-6-4-7-11-21/h4-17,24-25,27H,18-19,26H2,1-3H3/t24-,25-/m1/s1. The van der Waals surface area contributed by atoms with Gasteiger partial charge in [-0.25, -0.2) is 13.1 Å². The van der Waals surface area contributed by atoms with Crippen LogP contribution < -0.4 is 10.5 Å². The summed E-state index contributed by atoms with van der Waals surface area (Å²) in [6.07, 6.45) is 0.640. The minimum Gasteiger partial charge on any atom is -0.377 e. The smallest absolute Gasteiger partial charge is 0.377 e. The molecule has 9 heteroatoms. The average Bonchev–Trinajstić information content (AvgIpc) is 2.89. The second kappa shape index (κ2) is 11.9. The van der Waals surface area contributed by atoms with E-state index in [9.17, 15) is 8.42 Å². The van der Waals surface area contributed by atoms with E-state index in [1.807, 2.05) is 60.7 Å². The fraction of sp³-hybridized carbons (Fsp3) is 0.280. The van der Waals surface area contributed by atoms with E-state index in [0.29, 0.717) is 12.5 Å². The van der Waals surface area contributed by atoms with Gasteiger partial charge in [0.1, 0.15) is 0 Å². The first-order chi connectivity index (χ1) is 16.3. The second-order valence-corrected chi connectivity index (χ2v) is 12.7. The van der Waals surface area contributed by atoms with Crippen molar-refractivity contribution in [1.29, 1.82) is 0 Å². The van der Waals surface area contributed by atoms with Gasteiger partial charge in [0.15, 0.2) is 0 Å². The molecule has 3 aromatic rings. The van der Waals surface area contributed by atoms with Crippen molar-refractivity contribution in [2.45, 2.75) is 29.4 Å². The van der Waals surface area contributed by atoms with Crippen molar-refractivity contribution in [3.05, 3.63) is 102 Å². The molecule has 0 saturated heterocycles. The van der Waals surface area contributed by atoms with Crippen molar-refractivity contribution in [3.63, 3.8) is 0 Å². The Morgan fingerprint density at radius 2 is 1.29 bits per heavy atom. The second-order valence-electron chi connectivity index (χ2n) is 7.89. The highest BCUT2D eigenvalue weighted by atomic mass is 32.2. The molecule has 182 valence electrons. The molecule has 0 aromatic heterocycles. The SMILES string of the molecule is CO[Si](CCc1ccc(S(=O)(=O)N[C@H](c2ccccc2)[C@H](N)c2ccccc2)cc1)(OC)OC. The van der Waals surface area contributed by atoms with Crippen molar-refractivity contribution in [2.24, 2.45) is 5.73 Å². The van der Waals surface area contributed by atoms with Gasteiger partial charge in [-0.3, -0.25) is 0 Å². The normalized spacial score (nSPS) is 14.0. The molecule has 0 heterocycles. The van der Waals surface area contributed by atoms with Gasteiger partial charge in [-0.1, -0.05) is 72.8 Å². The van der Waals surface area contributed by atoms with Crippen LogP contribution in [0, 0.1) is 0 Å². The van der Waals surface area contributed by atoms with Crippen molar-refractivity contribution in [2.75, 3.05) is 21.3 Å². The minimum atomic E-state index is -3.83. The first-order valence-corrected chi connectivity index (χ1v) is 14.4. The van der Waals surface area contributed by atoms with Crippen LogP contribution in [0.2, 0.25) is 6.04 Å². The first kappa shape index (κ1) is 26.2. The molecule has 3 aromatic carbocycles. The molecule has 34 heavy (non-hydrogen) atoms. The Morgan fingerprint density at radius 1 is 0.794 bits per heavy atom. The number of benzene rings is 3. The van der Waals surface area contributed by atoms with Gasteiger partial charge in [-0.2, -0.15) is 0 Å². The lowest BCUT2D eigenvalue weighted by Crippen LogP contribution is -2.43. The summed E-state index contributed by atoms with van der Waals surface area (Å²) < 4.78 is 45.8. The van der Waals surface area contributed by atoms with E-state index in [4.69, 9.17) is 19.0 Å². The average molecular weight is 501 g/mol. The number of hydrogen-bond donors (Lipinski definition) is 2. The summed E-state index contributed by atoms with van der Waals surface area (Å²) >= 11 is 0. The zero-order valence-electron chi connectivity index (χ0n) is 19.7. The summed E-state index contributed by atoms with van der Waals surface area (Å²) in [4.78, 5) is 0.172. The van der Waals surface area contributed by atoms with Gasteiger partial charge in [0, 0.05) is 27.4 Å². The van der Waals surface area contributed by atoms with E-state index in [0.717, 1.165) is 16.7 Å². The predicted octanol–water partition coefficient (Wildman–Crippen LogP) is 3.83. The van der Waals surface area contributed by atoms with Crippen molar-refractivity contribution in [1.82, 2.24) is 4.72 Å². The number of rotatable bonds is 12. The van der Waals surface area contributed by atoms with Gasteiger partial charge in [0.25, 0.3) is 0 Å². The zero-order chi connectivity index (χ0) is 24.6. The molecule has 3 N–H and O–H groups in total. The Bertz CT molecular complexity index is 1120. The molecule has 7 nitrogen and oxygen atoms in total. The molecule has 0 unspecified atom stereocenters. The molecule has 0 saturated carbocycles. The molecular weight excluding hydrogens is 468 g/mol. The third-order valence-electron chi connectivity index (χ3n) is 5.87. The lowest BCUT2D eigenvalue weighted by Gasteiger charge is -2.26. The van der Waals surface area contributed by atoms with Crippen LogP contribution in [-0.4, -0.2) is 38.6 Å². The quantitative estimate of drug-likeness (QED) is 0.367. The highest BCUT2D eigenvalue weighted by Gasteiger charge is 2.37. The number of sulfonamides is 1. The summed E-state index contributed by atoms with van der Waals surface area (Å²) in [7, 11) is -1.81. The van der Waals surface area contributed by atoms with Gasteiger partial charge >= 0.3 is 8.80 Å². The minimum absolute atomic E-state index is 0.172. The van der Waals surface area contributed by atoms with E-state index >= 15 is 0 Å². The molecule has 0 bridgehead atoms. The predicted molar refractivity (Wildman–Crippen MR) is 135 cm³/mol. The largest absolute Gasteiger partial charge is 0.500 e. The van der Waals surface area contributed by atoms with Gasteiger partial charge in [0.05, 0.1) is 17.0 Å². The van der Waals surface area contributed by atoms with Crippen molar-refractivity contribution in [3.8, 4) is 0 Å². The van der Waals surface area contributed by atoms with Crippen molar-refractivity contribution < 1.29 is 21.7 Å². The molecule has 0 aliphatic rings. The monoisotopic (exact) mass is 500 g/mol. The zero-order valence-corrected chi connectivity index (χ0v) is 21.5. The topological polar surface area (TPSA) is 99.9 Å². The number of hydrogen-bond acceptors (Lipinski definition) is 6. The molecular formula is C25H32N2O5SSi. The van der Waals surface area contributed by atoms with Crippen LogP contribution in [0.15, 0.2) is 89.8 Å². The Hall–Kier alpha value is -2.37. The lowest BCUT2D eigenvalue weighted by molar-refractivity contribution is 0.123. The molecule has 0 amide bonds. The van der Waals surface area contributed by atoms with Gasteiger partial charge < -0.3 is 19.0 Å². The van der Waals surface area contributed by atoms with E-state index < -0.39 is 30.9 Å². The fourth-order valence-electron chi connectivity index (χ4n) is 3.80. The Labute approximate surface area is 203 Å². The summed E-state index contributed by atoms with van der Waals surface area (Å²) in [5.41, 5.74) is 9.14. The highest BCUT2D eigenvalue weighted by molar-refractivity contribution is 7.89. The summed E-state index contributed by atoms with van der Waals surface area (Å²) in [6, 6.07) is 25.0. The maximum atomic E-state index is 13.3. The maximum Gasteiger partial charge on any atom is 0.500 e. The van der Waals surface area contributed by atoms with Crippen LogP contribution in [0.5, 0.6) is 0 Å². The van der Waals surface area contributed by atoms with Gasteiger partial charge in [-0.05, 0) is 35.2 Å². The van der Waals surface area contributed by atoms with Gasteiger partial charge in [0.2, 0.25) is 10.0 Å². The Morgan fingerprint density at radius 3 is 1.79 bits per heavy atom. The van der Waals surface area contributed by atoms with E-state index in [2.05, 4.69) is 4.72 Å². The number of aryl methyl sites for hydroxylation is 1. The number of nitrogens with two attached hydrogens (primary N) is 1. The third kappa shape index (κ3) is 6.39. The molecule has 0 spiro atoms. The summed E-state index contributed by atoms with van der Waals surface area (Å²) in [5, 5.41) is 0. The van der Waals surface area contributed by atoms with Crippen molar-refractivity contribution >= 4 is 18.8 Å². The first-order valence-electron chi connectivity index (χ1n) is 11.0. The third-order valence-corrected chi connectivity index (χ3v) is 10.1. The molecule has 0 radical (unpaired) electrons. The highest BCUT2D eigenvalue weighted by Crippen LogP contribution is 2.29. The van der Waals surface area contributed by atoms with Crippen LogP contribution in [0.1, 0.15) is 28.8 Å². The van der Waals surface area contributed by atoms with E-state index in [-0.39, 0.29) is 4.90 Å². The molecule has 0 fully saturated rings. The molecule has 0 aliphatic carbocycles. The van der Waals surface area contributed by atoms with Crippen LogP contribution in [-0.2, 0) is 29.7 Å². The molecule has 3 rings (SSSR count). The van der Waals surface area contributed by atoms with Crippen LogP contribution in [0.25, 0.3) is 0 Å².